The normalized spacial score (nSPS) is 11.6. The van der Waals surface area contributed by atoms with Crippen molar-refractivity contribution in [3.8, 4) is 11.5 Å². The SMILES string of the molecule is Cl.NC[C@H](CC(=O)O)c1ccc(Cl)c(-c2nc(C(=O)O)co2)c1. The number of benzene rings is 1. The van der Waals surface area contributed by atoms with E-state index in [9.17, 15) is 9.59 Å². The molecule has 0 aliphatic rings. The van der Waals surface area contributed by atoms with Crippen LogP contribution in [0.1, 0.15) is 28.4 Å². The van der Waals surface area contributed by atoms with Crippen LogP contribution in [0, 0.1) is 0 Å². The number of aliphatic carboxylic acids is 1. The van der Waals surface area contributed by atoms with E-state index >= 15 is 0 Å². The van der Waals surface area contributed by atoms with Gasteiger partial charge in [-0.2, -0.15) is 0 Å². The van der Waals surface area contributed by atoms with E-state index in [4.69, 9.17) is 32.0 Å². The summed E-state index contributed by atoms with van der Waals surface area (Å²) in [6.07, 6.45) is 0.891. The van der Waals surface area contributed by atoms with Crippen LogP contribution in [0.3, 0.4) is 0 Å². The summed E-state index contributed by atoms with van der Waals surface area (Å²) in [6, 6.07) is 4.86. The predicted octanol–water partition coefficient (Wildman–Crippen LogP) is 2.63. The van der Waals surface area contributed by atoms with Crippen LogP contribution in [0.4, 0.5) is 0 Å². The summed E-state index contributed by atoms with van der Waals surface area (Å²) in [4.78, 5) is 25.5. The lowest BCUT2D eigenvalue weighted by Gasteiger charge is -2.14. The second-order valence-corrected chi connectivity index (χ2v) is 5.02. The highest BCUT2D eigenvalue weighted by molar-refractivity contribution is 6.33. The monoisotopic (exact) mass is 360 g/mol. The number of aromatic nitrogens is 1. The van der Waals surface area contributed by atoms with E-state index in [0.29, 0.717) is 16.1 Å². The molecule has 23 heavy (non-hydrogen) atoms. The minimum atomic E-state index is -1.21. The largest absolute Gasteiger partial charge is 0.481 e. The molecule has 0 saturated carbocycles. The van der Waals surface area contributed by atoms with E-state index in [2.05, 4.69) is 4.98 Å². The quantitative estimate of drug-likeness (QED) is 0.722. The first-order valence-corrected chi connectivity index (χ1v) is 6.70. The Hall–Kier alpha value is -2.09. The van der Waals surface area contributed by atoms with E-state index in [1.54, 1.807) is 18.2 Å². The summed E-state index contributed by atoms with van der Waals surface area (Å²) in [5, 5.41) is 18.1. The molecule has 0 aliphatic carbocycles. The minimum absolute atomic E-state index is 0. The molecule has 1 atom stereocenters. The van der Waals surface area contributed by atoms with Gasteiger partial charge in [0.25, 0.3) is 0 Å². The smallest absolute Gasteiger partial charge is 0.357 e. The zero-order valence-corrected chi connectivity index (χ0v) is 13.3. The molecule has 1 heterocycles. The maximum absolute atomic E-state index is 10.9. The zero-order valence-electron chi connectivity index (χ0n) is 11.7. The summed E-state index contributed by atoms with van der Waals surface area (Å²) in [5.74, 6) is -2.51. The molecule has 124 valence electrons. The van der Waals surface area contributed by atoms with Gasteiger partial charge in [-0.3, -0.25) is 4.79 Å². The first kappa shape index (κ1) is 19.0. The van der Waals surface area contributed by atoms with Crippen LogP contribution < -0.4 is 5.73 Å². The third kappa shape index (κ3) is 4.44. The van der Waals surface area contributed by atoms with Gasteiger partial charge in [-0.05, 0) is 24.2 Å². The van der Waals surface area contributed by atoms with Gasteiger partial charge in [0.05, 0.1) is 17.0 Å². The number of carbonyl (C=O) groups is 2. The summed E-state index contributed by atoms with van der Waals surface area (Å²) in [5.41, 5.74) is 6.42. The highest BCUT2D eigenvalue weighted by atomic mass is 35.5. The van der Waals surface area contributed by atoms with Gasteiger partial charge in [-0.25, -0.2) is 9.78 Å². The highest BCUT2D eigenvalue weighted by Gasteiger charge is 2.19. The second-order valence-electron chi connectivity index (χ2n) is 4.61. The molecule has 0 radical (unpaired) electrons. The van der Waals surface area contributed by atoms with Crippen LogP contribution in [0.2, 0.25) is 5.02 Å². The van der Waals surface area contributed by atoms with Gasteiger partial charge >= 0.3 is 11.9 Å². The molecule has 2 rings (SSSR count). The molecule has 4 N–H and O–H groups in total. The van der Waals surface area contributed by atoms with Crippen LogP contribution in [-0.4, -0.2) is 33.7 Å². The Morgan fingerprint density at radius 3 is 2.57 bits per heavy atom. The van der Waals surface area contributed by atoms with Gasteiger partial charge in [0.1, 0.15) is 6.26 Å². The lowest BCUT2D eigenvalue weighted by Crippen LogP contribution is -2.16. The molecule has 0 spiro atoms. The number of hydrogen-bond acceptors (Lipinski definition) is 5. The molecular weight excluding hydrogens is 347 g/mol. The molecule has 2 aromatic rings. The molecule has 7 nitrogen and oxygen atoms in total. The van der Waals surface area contributed by atoms with Crippen molar-refractivity contribution in [3.63, 3.8) is 0 Å². The first-order valence-electron chi connectivity index (χ1n) is 6.33. The molecule has 1 aromatic heterocycles. The van der Waals surface area contributed by atoms with Crippen molar-refractivity contribution in [2.75, 3.05) is 6.54 Å². The maximum atomic E-state index is 10.9. The Bertz CT molecular complexity index is 717. The number of aromatic carboxylic acids is 1. The van der Waals surface area contributed by atoms with E-state index in [-0.39, 0.29) is 42.9 Å². The number of carboxylic acid groups (broad SMARTS) is 2. The lowest BCUT2D eigenvalue weighted by molar-refractivity contribution is -0.137. The predicted molar refractivity (Wildman–Crippen MR) is 85.2 cm³/mol. The van der Waals surface area contributed by atoms with Gasteiger partial charge in [-0.1, -0.05) is 17.7 Å². The van der Waals surface area contributed by atoms with Gasteiger partial charge in [0.15, 0.2) is 5.69 Å². The number of carboxylic acids is 2. The third-order valence-electron chi connectivity index (χ3n) is 3.12. The summed E-state index contributed by atoms with van der Waals surface area (Å²) in [7, 11) is 0. The molecule has 0 amide bonds. The van der Waals surface area contributed by atoms with Crippen LogP contribution in [0.5, 0.6) is 0 Å². The van der Waals surface area contributed by atoms with E-state index in [0.717, 1.165) is 6.26 Å². The van der Waals surface area contributed by atoms with Gasteiger partial charge in [0.2, 0.25) is 5.89 Å². The zero-order chi connectivity index (χ0) is 16.3. The molecular formula is C14H14Cl2N2O5. The number of rotatable bonds is 6. The summed E-state index contributed by atoms with van der Waals surface area (Å²) >= 11 is 6.08. The number of nitrogens with two attached hydrogens (primary N) is 1. The summed E-state index contributed by atoms with van der Waals surface area (Å²) in [6.45, 7) is 0.152. The Kier molecular flexibility index (Phi) is 6.56. The Morgan fingerprint density at radius 1 is 1.35 bits per heavy atom. The Balaban J connectivity index is 0.00000264. The first-order chi connectivity index (χ1) is 10.4. The standard InChI is InChI=1S/C14H13ClN2O5.ClH/c15-10-2-1-7(8(5-16)4-12(18)19)3-9(10)13-17-11(6-22-13)14(20)21;/h1-3,6,8H,4-5,16H2,(H,18,19)(H,20,21);1H/t8-;/m0./s1. The average molecular weight is 361 g/mol. The fourth-order valence-electron chi connectivity index (χ4n) is 2.00. The van der Waals surface area contributed by atoms with Crippen LogP contribution in [-0.2, 0) is 4.79 Å². The minimum Gasteiger partial charge on any atom is -0.481 e. The second kappa shape index (κ2) is 7.96. The number of oxazole rings is 1. The van der Waals surface area contributed by atoms with Gasteiger partial charge in [-0.15, -0.1) is 12.4 Å². The number of nitrogens with zero attached hydrogens (tertiary/aromatic N) is 1. The van der Waals surface area contributed by atoms with Crippen molar-refractivity contribution < 1.29 is 24.2 Å². The highest BCUT2D eigenvalue weighted by Crippen LogP contribution is 2.31. The topological polar surface area (TPSA) is 127 Å². The van der Waals surface area contributed by atoms with E-state index in [1.807, 2.05) is 0 Å². The van der Waals surface area contributed by atoms with Gasteiger partial charge < -0.3 is 20.4 Å². The number of halogens is 2. The van der Waals surface area contributed by atoms with Crippen molar-refractivity contribution in [1.82, 2.24) is 4.98 Å². The van der Waals surface area contributed by atoms with Crippen LogP contribution >= 0.6 is 24.0 Å². The van der Waals surface area contributed by atoms with Crippen molar-refractivity contribution in [2.45, 2.75) is 12.3 Å². The molecule has 1 aromatic carbocycles. The van der Waals surface area contributed by atoms with Crippen LogP contribution in [0.25, 0.3) is 11.5 Å². The average Bonchev–Trinajstić information content (AvgIpc) is 2.95. The van der Waals surface area contributed by atoms with Crippen molar-refractivity contribution in [1.29, 1.82) is 0 Å². The Morgan fingerprint density at radius 2 is 2.04 bits per heavy atom. The van der Waals surface area contributed by atoms with Crippen molar-refractivity contribution in [3.05, 3.63) is 40.7 Å². The van der Waals surface area contributed by atoms with Crippen molar-refractivity contribution in [2.24, 2.45) is 5.73 Å². The summed E-state index contributed by atoms with van der Waals surface area (Å²) < 4.78 is 5.12. The molecule has 0 saturated heterocycles. The molecule has 0 fully saturated rings. The molecule has 0 aliphatic heterocycles. The fraction of sp³-hybridized carbons (Fsp3) is 0.214. The lowest BCUT2D eigenvalue weighted by atomic mass is 9.94. The fourth-order valence-corrected chi connectivity index (χ4v) is 2.20. The van der Waals surface area contributed by atoms with Gasteiger partial charge in [0, 0.05) is 5.92 Å². The van der Waals surface area contributed by atoms with Crippen LogP contribution in [0.15, 0.2) is 28.9 Å². The van der Waals surface area contributed by atoms with Crippen molar-refractivity contribution >= 4 is 35.9 Å². The molecule has 0 bridgehead atoms. The number of hydrogen-bond donors (Lipinski definition) is 3. The molecule has 9 heteroatoms. The van der Waals surface area contributed by atoms with E-state index in [1.165, 1.54) is 0 Å². The molecule has 0 unspecified atom stereocenters. The maximum Gasteiger partial charge on any atom is 0.357 e. The Labute approximate surface area is 142 Å². The van der Waals surface area contributed by atoms with E-state index < -0.39 is 11.9 Å². The third-order valence-corrected chi connectivity index (χ3v) is 3.45.